The van der Waals surface area contributed by atoms with Crippen molar-refractivity contribution in [1.82, 2.24) is 5.32 Å². The molecule has 0 bridgehead atoms. The van der Waals surface area contributed by atoms with Gasteiger partial charge in [0, 0.05) is 18.5 Å². The lowest BCUT2D eigenvalue weighted by Gasteiger charge is -2.25. The minimum atomic E-state index is -0.728. The van der Waals surface area contributed by atoms with Gasteiger partial charge in [-0.05, 0) is 30.0 Å². The molecule has 22 heavy (non-hydrogen) atoms. The number of benzene rings is 2. The van der Waals surface area contributed by atoms with Gasteiger partial charge in [-0.2, -0.15) is 0 Å². The molecule has 0 unspecified atom stereocenters. The molecular formula is C19H23NO2. The van der Waals surface area contributed by atoms with Crippen LogP contribution in [0, 0.1) is 6.92 Å². The Kier molecular flexibility index (Phi) is 4.57. The molecule has 1 saturated carbocycles. The fourth-order valence-electron chi connectivity index (χ4n) is 3.44. The molecule has 0 heterocycles. The first-order valence-corrected chi connectivity index (χ1v) is 7.86. The lowest BCUT2D eigenvalue weighted by atomic mass is 9.90. The first-order valence-electron chi connectivity index (χ1n) is 7.86. The lowest BCUT2D eigenvalue weighted by molar-refractivity contribution is 0.0297. The van der Waals surface area contributed by atoms with Gasteiger partial charge in [0.2, 0.25) is 0 Å². The van der Waals surface area contributed by atoms with Crippen LogP contribution in [0.1, 0.15) is 29.0 Å². The number of hydrogen-bond donors (Lipinski definition) is 3. The van der Waals surface area contributed by atoms with E-state index in [0.29, 0.717) is 13.0 Å². The van der Waals surface area contributed by atoms with Gasteiger partial charge >= 0.3 is 0 Å². The summed E-state index contributed by atoms with van der Waals surface area (Å²) >= 11 is 0. The summed E-state index contributed by atoms with van der Waals surface area (Å²) in [5.41, 5.74) is 3.60. The quantitative estimate of drug-likeness (QED) is 0.812. The molecule has 0 saturated heterocycles. The Morgan fingerprint density at radius 2 is 1.68 bits per heavy atom. The molecular weight excluding hydrogens is 274 g/mol. The summed E-state index contributed by atoms with van der Waals surface area (Å²) in [7, 11) is 0. The van der Waals surface area contributed by atoms with Crippen LogP contribution in [0.25, 0.3) is 0 Å². The summed E-state index contributed by atoms with van der Waals surface area (Å²) in [6.07, 6.45) is -0.801. The van der Waals surface area contributed by atoms with E-state index < -0.39 is 12.2 Å². The van der Waals surface area contributed by atoms with E-state index in [1.165, 1.54) is 16.7 Å². The maximum absolute atomic E-state index is 10.3. The molecule has 3 nitrogen and oxygen atoms in total. The van der Waals surface area contributed by atoms with Crippen LogP contribution in [0.2, 0.25) is 0 Å². The predicted molar refractivity (Wildman–Crippen MR) is 87.6 cm³/mol. The van der Waals surface area contributed by atoms with Crippen LogP contribution in [-0.4, -0.2) is 28.5 Å². The number of aryl methyl sites for hydroxylation is 1. The third-order valence-electron chi connectivity index (χ3n) is 4.66. The molecule has 1 fully saturated rings. The molecule has 0 aromatic heterocycles. The van der Waals surface area contributed by atoms with Crippen LogP contribution in [-0.2, 0) is 6.54 Å². The van der Waals surface area contributed by atoms with Gasteiger partial charge in [0.1, 0.15) is 0 Å². The van der Waals surface area contributed by atoms with E-state index in [1.807, 2.05) is 30.3 Å². The monoisotopic (exact) mass is 297 g/mol. The van der Waals surface area contributed by atoms with E-state index in [-0.39, 0.29) is 12.0 Å². The summed E-state index contributed by atoms with van der Waals surface area (Å²) in [5.74, 6) is 0.134. The molecule has 2 aromatic carbocycles. The van der Waals surface area contributed by atoms with Crippen molar-refractivity contribution in [3.8, 4) is 0 Å². The number of aliphatic hydroxyl groups is 2. The van der Waals surface area contributed by atoms with Crippen LogP contribution in [0.4, 0.5) is 0 Å². The van der Waals surface area contributed by atoms with Gasteiger partial charge in [-0.15, -0.1) is 0 Å². The van der Waals surface area contributed by atoms with Crippen molar-refractivity contribution in [3.63, 3.8) is 0 Å². The minimum absolute atomic E-state index is 0.128. The lowest BCUT2D eigenvalue weighted by Crippen LogP contribution is -2.42. The molecule has 0 radical (unpaired) electrons. The van der Waals surface area contributed by atoms with Crippen molar-refractivity contribution < 1.29 is 10.2 Å². The zero-order chi connectivity index (χ0) is 15.5. The molecule has 4 atom stereocenters. The number of rotatable bonds is 4. The summed E-state index contributed by atoms with van der Waals surface area (Å²) in [4.78, 5) is 0. The van der Waals surface area contributed by atoms with E-state index >= 15 is 0 Å². The van der Waals surface area contributed by atoms with E-state index in [1.54, 1.807) is 0 Å². The molecule has 2 aromatic rings. The molecule has 3 rings (SSSR count). The third kappa shape index (κ3) is 3.07. The van der Waals surface area contributed by atoms with E-state index in [0.717, 1.165) is 0 Å². The highest BCUT2D eigenvalue weighted by Gasteiger charge is 2.42. The van der Waals surface area contributed by atoms with Gasteiger partial charge in [0.25, 0.3) is 0 Å². The molecule has 1 aliphatic carbocycles. The Morgan fingerprint density at radius 3 is 2.41 bits per heavy atom. The minimum Gasteiger partial charge on any atom is -0.390 e. The van der Waals surface area contributed by atoms with Gasteiger partial charge in [0.05, 0.1) is 12.2 Å². The molecule has 1 aliphatic rings. The van der Waals surface area contributed by atoms with Gasteiger partial charge in [-0.1, -0.05) is 54.6 Å². The molecule has 0 amide bonds. The van der Waals surface area contributed by atoms with Gasteiger partial charge < -0.3 is 15.5 Å². The molecule has 3 heteroatoms. The molecule has 116 valence electrons. The smallest absolute Gasteiger partial charge is 0.0957 e. The highest BCUT2D eigenvalue weighted by atomic mass is 16.3. The Hall–Kier alpha value is -1.68. The topological polar surface area (TPSA) is 52.5 Å². The largest absolute Gasteiger partial charge is 0.390 e. The van der Waals surface area contributed by atoms with Crippen LogP contribution in [0.5, 0.6) is 0 Å². The number of aliphatic hydroxyl groups excluding tert-OH is 2. The van der Waals surface area contributed by atoms with Crippen molar-refractivity contribution in [2.75, 3.05) is 0 Å². The molecule has 0 spiro atoms. The van der Waals surface area contributed by atoms with Crippen molar-refractivity contribution in [1.29, 1.82) is 0 Å². The zero-order valence-electron chi connectivity index (χ0n) is 12.8. The fraction of sp³-hybridized carbons (Fsp3) is 0.368. The fourth-order valence-corrected chi connectivity index (χ4v) is 3.44. The van der Waals surface area contributed by atoms with Crippen LogP contribution in [0.15, 0.2) is 54.6 Å². The summed E-state index contributed by atoms with van der Waals surface area (Å²) in [6, 6.07) is 18.2. The second-order valence-electron chi connectivity index (χ2n) is 6.15. The number of nitrogens with one attached hydrogen (secondary N) is 1. The van der Waals surface area contributed by atoms with Gasteiger partial charge in [0.15, 0.2) is 0 Å². The van der Waals surface area contributed by atoms with Crippen molar-refractivity contribution in [2.24, 2.45) is 0 Å². The Labute approximate surface area is 131 Å². The summed E-state index contributed by atoms with van der Waals surface area (Å²) < 4.78 is 0. The second-order valence-corrected chi connectivity index (χ2v) is 6.15. The second kappa shape index (κ2) is 6.61. The molecule has 3 N–H and O–H groups in total. The van der Waals surface area contributed by atoms with Gasteiger partial charge in [-0.25, -0.2) is 0 Å². The zero-order valence-corrected chi connectivity index (χ0v) is 12.8. The summed E-state index contributed by atoms with van der Waals surface area (Å²) in [5, 5.41) is 23.9. The normalized spacial score (nSPS) is 28.0. The predicted octanol–water partition coefficient (Wildman–Crippen LogP) is 2.36. The maximum Gasteiger partial charge on any atom is 0.0957 e. The first kappa shape index (κ1) is 15.2. The average molecular weight is 297 g/mol. The standard InChI is InChI=1S/C19H23NO2/c1-13-7-5-6-10-15(13)16-11-17(21)19(22)18(16)20-12-14-8-3-2-4-9-14/h2-10,16-22H,11-12H2,1H3/t16-,17-,18-,19-/m1/s1. The van der Waals surface area contributed by atoms with E-state index in [4.69, 9.17) is 0 Å². The van der Waals surface area contributed by atoms with Gasteiger partial charge in [-0.3, -0.25) is 0 Å². The van der Waals surface area contributed by atoms with Crippen molar-refractivity contribution in [3.05, 3.63) is 71.3 Å². The maximum atomic E-state index is 10.3. The average Bonchev–Trinajstić information content (AvgIpc) is 2.82. The Bertz CT molecular complexity index is 614. The highest BCUT2D eigenvalue weighted by molar-refractivity contribution is 5.32. The van der Waals surface area contributed by atoms with E-state index in [9.17, 15) is 10.2 Å². The van der Waals surface area contributed by atoms with Crippen LogP contribution in [0.3, 0.4) is 0 Å². The van der Waals surface area contributed by atoms with Crippen molar-refractivity contribution >= 4 is 0 Å². The Balaban J connectivity index is 1.78. The third-order valence-corrected chi connectivity index (χ3v) is 4.66. The molecule has 0 aliphatic heterocycles. The summed E-state index contributed by atoms with van der Waals surface area (Å²) in [6.45, 7) is 2.78. The first-order chi connectivity index (χ1) is 10.7. The number of hydrogen-bond acceptors (Lipinski definition) is 3. The highest BCUT2D eigenvalue weighted by Crippen LogP contribution is 2.36. The van der Waals surface area contributed by atoms with Crippen molar-refractivity contribution in [2.45, 2.75) is 44.1 Å². The van der Waals surface area contributed by atoms with Crippen LogP contribution < -0.4 is 5.32 Å². The van der Waals surface area contributed by atoms with E-state index in [2.05, 4.69) is 36.5 Å². The SMILES string of the molecule is Cc1ccccc1[C@H]1C[C@@H](O)[C@@H](O)[C@@H]1NCc1ccccc1. The van der Waals surface area contributed by atoms with Crippen LogP contribution >= 0.6 is 0 Å². The Morgan fingerprint density at radius 1 is 1.00 bits per heavy atom.